The predicted molar refractivity (Wildman–Crippen MR) is 104 cm³/mol. The fourth-order valence-corrected chi connectivity index (χ4v) is 2.47. The van der Waals surface area contributed by atoms with E-state index in [0.29, 0.717) is 18.4 Å². The number of aromatic nitrogens is 1. The molecular formula is C21H19N3O3. The number of hydrogen-bond donors (Lipinski definition) is 1. The number of hydrogen-bond acceptors (Lipinski definition) is 6. The van der Waals surface area contributed by atoms with E-state index < -0.39 is 0 Å². The number of oxazole rings is 1. The van der Waals surface area contributed by atoms with Crippen molar-refractivity contribution in [1.82, 2.24) is 4.98 Å². The minimum Gasteiger partial charge on any atom is -0.496 e. The Bertz CT molecular complexity index is 969. The van der Waals surface area contributed by atoms with Crippen molar-refractivity contribution < 1.29 is 13.9 Å². The van der Waals surface area contributed by atoms with Crippen LogP contribution in [0.4, 0.5) is 11.6 Å². The second kappa shape index (κ2) is 8.59. The molecule has 0 spiro atoms. The van der Waals surface area contributed by atoms with Gasteiger partial charge < -0.3 is 19.2 Å². The molecule has 6 heteroatoms. The molecule has 0 atom stereocenters. The first-order valence-electron chi connectivity index (χ1n) is 8.45. The molecule has 6 nitrogen and oxygen atoms in total. The molecule has 1 N–H and O–H groups in total. The Kier molecular flexibility index (Phi) is 5.75. The number of methoxy groups -OCH3 is 1. The Morgan fingerprint density at radius 2 is 1.93 bits per heavy atom. The lowest BCUT2D eigenvalue weighted by molar-refractivity contribution is 0.340. The highest BCUT2D eigenvalue weighted by Gasteiger charge is 2.12. The van der Waals surface area contributed by atoms with Crippen LogP contribution in [-0.4, -0.2) is 18.7 Å². The number of para-hydroxylation sites is 1. The molecule has 1 aromatic heterocycles. The summed E-state index contributed by atoms with van der Waals surface area (Å²) in [6.07, 6.45) is 3.52. The van der Waals surface area contributed by atoms with Gasteiger partial charge in [0.05, 0.1) is 13.7 Å². The van der Waals surface area contributed by atoms with Gasteiger partial charge in [0.15, 0.2) is 0 Å². The highest BCUT2D eigenvalue weighted by atomic mass is 16.5. The van der Waals surface area contributed by atoms with Gasteiger partial charge in [-0.2, -0.15) is 10.2 Å². The summed E-state index contributed by atoms with van der Waals surface area (Å²) < 4.78 is 16.4. The van der Waals surface area contributed by atoms with Crippen molar-refractivity contribution in [2.24, 2.45) is 0 Å². The molecule has 0 fully saturated rings. The summed E-state index contributed by atoms with van der Waals surface area (Å²) in [5.74, 6) is 2.14. The van der Waals surface area contributed by atoms with Crippen molar-refractivity contribution in [2.75, 3.05) is 19.0 Å². The van der Waals surface area contributed by atoms with Crippen molar-refractivity contribution in [3.05, 3.63) is 65.7 Å². The minimum absolute atomic E-state index is 0.184. The third-order valence-electron chi connectivity index (χ3n) is 3.72. The molecule has 0 aliphatic heterocycles. The first-order valence-corrected chi connectivity index (χ1v) is 8.45. The first-order chi connectivity index (χ1) is 13.2. The zero-order valence-electron chi connectivity index (χ0n) is 15.1. The van der Waals surface area contributed by atoms with E-state index in [2.05, 4.69) is 10.3 Å². The lowest BCUT2D eigenvalue weighted by atomic mass is 10.2. The molecular weight excluding hydrogens is 342 g/mol. The number of anilines is 2. The Hall–Kier alpha value is -3.72. The molecule has 0 aliphatic rings. The Morgan fingerprint density at radius 1 is 1.15 bits per heavy atom. The third kappa shape index (κ3) is 4.47. The normalized spacial score (nSPS) is 10.6. The van der Waals surface area contributed by atoms with Gasteiger partial charge in [-0.25, -0.2) is 0 Å². The molecule has 136 valence electrons. The summed E-state index contributed by atoms with van der Waals surface area (Å²) in [4.78, 5) is 4.20. The number of ether oxygens (including phenoxy) is 2. The van der Waals surface area contributed by atoms with Crippen LogP contribution < -0.4 is 14.8 Å². The van der Waals surface area contributed by atoms with Crippen LogP contribution in [0.1, 0.15) is 24.1 Å². The zero-order valence-corrected chi connectivity index (χ0v) is 15.1. The molecule has 0 unspecified atom stereocenters. The van der Waals surface area contributed by atoms with E-state index >= 15 is 0 Å². The number of nitrogens with zero attached hydrogens (tertiary/aromatic N) is 2. The largest absolute Gasteiger partial charge is 0.496 e. The van der Waals surface area contributed by atoms with E-state index in [-0.39, 0.29) is 5.69 Å². The van der Waals surface area contributed by atoms with Crippen molar-refractivity contribution in [3.8, 4) is 17.6 Å². The number of nitrogens with one attached hydrogen (secondary N) is 1. The highest BCUT2D eigenvalue weighted by Crippen LogP contribution is 2.25. The van der Waals surface area contributed by atoms with E-state index in [1.54, 1.807) is 13.2 Å². The fourth-order valence-electron chi connectivity index (χ4n) is 2.47. The van der Waals surface area contributed by atoms with Crippen molar-refractivity contribution in [3.63, 3.8) is 0 Å². The number of nitriles is 1. The van der Waals surface area contributed by atoms with Crippen LogP contribution in [-0.2, 0) is 0 Å². The molecule has 1 heterocycles. The maximum Gasteiger partial charge on any atom is 0.236 e. The average Bonchev–Trinajstić information content (AvgIpc) is 3.10. The van der Waals surface area contributed by atoms with Gasteiger partial charge in [-0.05, 0) is 43.3 Å². The van der Waals surface area contributed by atoms with Gasteiger partial charge in [0.25, 0.3) is 0 Å². The van der Waals surface area contributed by atoms with E-state index in [1.807, 2.05) is 67.6 Å². The van der Waals surface area contributed by atoms with Gasteiger partial charge >= 0.3 is 0 Å². The van der Waals surface area contributed by atoms with Crippen LogP contribution in [0, 0.1) is 11.3 Å². The highest BCUT2D eigenvalue weighted by molar-refractivity contribution is 5.71. The lowest BCUT2D eigenvalue weighted by Gasteiger charge is -2.05. The van der Waals surface area contributed by atoms with E-state index in [9.17, 15) is 5.26 Å². The summed E-state index contributed by atoms with van der Waals surface area (Å²) >= 11 is 0. The van der Waals surface area contributed by atoms with Gasteiger partial charge in [-0.1, -0.05) is 18.2 Å². The molecule has 3 aromatic rings. The monoisotopic (exact) mass is 361 g/mol. The van der Waals surface area contributed by atoms with Crippen LogP contribution in [0.5, 0.6) is 11.5 Å². The summed E-state index contributed by atoms with van der Waals surface area (Å²) in [6.45, 7) is 2.54. The summed E-state index contributed by atoms with van der Waals surface area (Å²) in [5, 5.41) is 12.4. The predicted octanol–water partition coefficient (Wildman–Crippen LogP) is 4.87. The summed E-state index contributed by atoms with van der Waals surface area (Å²) in [7, 11) is 1.62. The van der Waals surface area contributed by atoms with Crippen molar-refractivity contribution in [2.45, 2.75) is 6.92 Å². The standard InChI is InChI=1S/C21H19N3O3/c1-3-26-17-11-9-16(10-12-17)23-21-18(14-22)24-20(27-21)13-8-15-6-4-5-7-19(15)25-2/h4-13,23H,3H2,1-2H3. The fraction of sp³-hybridized carbons (Fsp3) is 0.143. The van der Waals surface area contributed by atoms with E-state index in [4.69, 9.17) is 13.9 Å². The molecule has 3 rings (SSSR count). The van der Waals surface area contributed by atoms with Gasteiger partial charge in [-0.15, -0.1) is 0 Å². The topological polar surface area (TPSA) is 80.3 Å². The zero-order chi connectivity index (χ0) is 19.1. The van der Waals surface area contributed by atoms with Crippen molar-refractivity contribution >= 4 is 23.7 Å². The second-order valence-electron chi connectivity index (χ2n) is 5.50. The van der Waals surface area contributed by atoms with Crippen LogP contribution >= 0.6 is 0 Å². The van der Waals surface area contributed by atoms with Crippen LogP contribution in [0.25, 0.3) is 12.2 Å². The minimum atomic E-state index is 0.184. The number of rotatable bonds is 7. The maximum atomic E-state index is 9.31. The first kappa shape index (κ1) is 18.1. The molecule has 2 aromatic carbocycles. The molecule has 27 heavy (non-hydrogen) atoms. The third-order valence-corrected chi connectivity index (χ3v) is 3.72. The molecule has 0 aliphatic carbocycles. The van der Waals surface area contributed by atoms with Crippen LogP contribution in [0.15, 0.2) is 52.9 Å². The Balaban J connectivity index is 1.79. The molecule has 0 radical (unpaired) electrons. The van der Waals surface area contributed by atoms with E-state index in [1.165, 1.54) is 0 Å². The number of benzene rings is 2. The van der Waals surface area contributed by atoms with Crippen LogP contribution in [0.3, 0.4) is 0 Å². The Morgan fingerprint density at radius 3 is 2.63 bits per heavy atom. The maximum absolute atomic E-state index is 9.31. The van der Waals surface area contributed by atoms with Gasteiger partial charge in [0.1, 0.15) is 17.6 Å². The van der Waals surface area contributed by atoms with Gasteiger partial charge in [0, 0.05) is 17.3 Å². The lowest BCUT2D eigenvalue weighted by Crippen LogP contribution is -1.93. The van der Waals surface area contributed by atoms with Gasteiger partial charge in [0.2, 0.25) is 17.5 Å². The van der Waals surface area contributed by atoms with Gasteiger partial charge in [-0.3, -0.25) is 0 Å². The summed E-state index contributed by atoms with van der Waals surface area (Å²) in [6, 6.07) is 17.0. The average molecular weight is 361 g/mol. The SMILES string of the molecule is CCOc1ccc(Nc2oc(C=Cc3ccccc3OC)nc2C#N)cc1. The van der Waals surface area contributed by atoms with Crippen molar-refractivity contribution in [1.29, 1.82) is 5.26 Å². The molecule has 0 amide bonds. The smallest absolute Gasteiger partial charge is 0.236 e. The van der Waals surface area contributed by atoms with Crippen LogP contribution in [0.2, 0.25) is 0 Å². The molecule has 0 saturated heterocycles. The quantitative estimate of drug-likeness (QED) is 0.647. The second-order valence-corrected chi connectivity index (χ2v) is 5.50. The Labute approximate surface area is 157 Å². The molecule has 0 saturated carbocycles. The molecule has 0 bridgehead atoms. The van der Waals surface area contributed by atoms with E-state index in [0.717, 1.165) is 22.7 Å². The summed E-state index contributed by atoms with van der Waals surface area (Å²) in [5.41, 5.74) is 1.84.